The van der Waals surface area contributed by atoms with Gasteiger partial charge in [-0.2, -0.15) is 0 Å². The Hall–Kier alpha value is -1.81. The number of aromatic nitrogens is 2. The van der Waals surface area contributed by atoms with Gasteiger partial charge in [0.15, 0.2) is 0 Å². The monoisotopic (exact) mass is 236 g/mol. The highest BCUT2D eigenvalue weighted by Gasteiger charge is 2.04. The van der Waals surface area contributed by atoms with Gasteiger partial charge in [-0.25, -0.2) is 4.79 Å². The fourth-order valence-electron chi connectivity index (χ4n) is 1.41. The Morgan fingerprint density at radius 2 is 2.00 bits per heavy atom. The van der Waals surface area contributed by atoms with E-state index in [4.69, 9.17) is 11.6 Å². The highest BCUT2D eigenvalue weighted by molar-refractivity contribution is 6.32. The van der Waals surface area contributed by atoms with E-state index < -0.39 is 11.2 Å². The second kappa shape index (κ2) is 3.98. The van der Waals surface area contributed by atoms with Crippen molar-refractivity contribution < 1.29 is 0 Å². The van der Waals surface area contributed by atoms with Crippen molar-refractivity contribution in [2.24, 2.45) is 0 Å². The normalized spacial score (nSPS) is 10.4. The smallest absolute Gasteiger partial charge is 0.274 e. The predicted octanol–water partition coefficient (Wildman–Crippen LogP) is 1.49. The summed E-state index contributed by atoms with van der Waals surface area (Å²) >= 11 is 6.02. The fraction of sp³-hybridized carbons (Fsp3) is 0.0909. The zero-order valence-electron chi connectivity index (χ0n) is 8.53. The molecule has 1 heterocycles. The molecule has 1 aromatic heterocycles. The summed E-state index contributed by atoms with van der Waals surface area (Å²) in [6.07, 6.45) is 1.40. The Morgan fingerprint density at radius 3 is 2.62 bits per heavy atom. The highest BCUT2D eigenvalue weighted by Crippen LogP contribution is 2.19. The van der Waals surface area contributed by atoms with Crippen molar-refractivity contribution in [2.75, 3.05) is 0 Å². The number of nitrogens with one attached hydrogen (secondary N) is 1. The number of halogens is 1. The molecule has 0 amide bonds. The van der Waals surface area contributed by atoms with Crippen LogP contribution in [0.5, 0.6) is 0 Å². The number of aryl methyl sites for hydroxylation is 1. The molecule has 0 unspecified atom stereocenters. The molecule has 1 N–H and O–H groups in total. The van der Waals surface area contributed by atoms with Gasteiger partial charge in [0.2, 0.25) is 0 Å². The Kier molecular flexibility index (Phi) is 2.66. The molecule has 0 atom stereocenters. The van der Waals surface area contributed by atoms with Gasteiger partial charge in [-0.05, 0) is 24.6 Å². The second-order valence-electron chi connectivity index (χ2n) is 3.44. The molecule has 0 saturated carbocycles. The zero-order valence-corrected chi connectivity index (χ0v) is 9.28. The first-order chi connectivity index (χ1) is 7.58. The summed E-state index contributed by atoms with van der Waals surface area (Å²) in [5.74, 6) is 0. The molecule has 0 aliphatic heterocycles. The first kappa shape index (κ1) is 10.7. The molecule has 2 aromatic rings. The molecule has 0 radical (unpaired) electrons. The Bertz CT molecular complexity index is 643. The number of benzene rings is 1. The molecule has 5 heteroatoms. The Labute approximate surface area is 96.1 Å². The van der Waals surface area contributed by atoms with Crippen LogP contribution >= 0.6 is 11.6 Å². The van der Waals surface area contributed by atoms with E-state index in [-0.39, 0.29) is 0 Å². The maximum atomic E-state index is 11.5. The minimum Gasteiger partial charge on any atom is -0.274 e. The van der Waals surface area contributed by atoms with Crippen molar-refractivity contribution >= 4 is 11.6 Å². The minimum atomic E-state index is -0.502. The second-order valence-corrected chi connectivity index (χ2v) is 3.84. The van der Waals surface area contributed by atoms with Crippen LogP contribution in [0.2, 0.25) is 5.02 Å². The molecular weight excluding hydrogens is 228 g/mol. The van der Waals surface area contributed by atoms with E-state index in [1.807, 2.05) is 13.0 Å². The lowest BCUT2D eigenvalue weighted by Gasteiger charge is -2.07. The third kappa shape index (κ3) is 1.92. The average Bonchev–Trinajstić information content (AvgIpc) is 2.19. The molecule has 16 heavy (non-hydrogen) atoms. The molecular formula is C11H9ClN2O2. The fourth-order valence-corrected chi connectivity index (χ4v) is 1.74. The summed E-state index contributed by atoms with van der Waals surface area (Å²) in [6.45, 7) is 1.91. The van der Waals surface area contributed by atoms with E-state index in [9.17, 15) is 9.59 Å². The van der Waals surface area contributed by atoms with Gasteiger partial charge in [0.1, 0.15) is 0 Å². The third-order valence-electron chi connectivity index (χ3n) is 2.19. The molecule has 1 aromatic carbocycles. The van der Waals surface area contributed by atoms with E-state index in [0.717, 1.165) is 5.56 Å². The van der Waals surface area contributed by atoms with Gasteiger partial charge in [-0.15, -0.1) is 0 Å². The van der Waals surface area contributed by atoms with Crippen LogP contribution in [0.3, 0.4) is 0 Å². The van der Waals surface area contributed by atoms with E-state index in [1.54, 1.807) is 12.1 Å². The average molecular weight is 237 g/mol. The van der Waals surface area contributed by atoms with E-state index in [2.05, 4.69) is 4.98 Å². The standard InChI is InChI=1S/C11H9ClN2O2/c1-7-2-3-9(8(12)6-7)14-5-4-10(15)13-11(14)16/h2-6H,1H3,(H,13,15,16). The largest absolute Gasteiger partial charge is 0.332 e. The van der Waals surface area contributed by atoms with Gasteiger partial charge in [-0.1, -0.05) is 17.7 Å². The third-order valence-corrected chi connectivity index (χ3v) is 2.49. The maximum absolute atomic E-state index is 11.5. The van der Waals surface area contributed by atoms with Crippen LogP contribution < -0.4 is 11.2 Å². The molecule has 82 valence electrons. The van der Waals surface area contributed by atoms with Crippen LogP contribution in [-0.2, 0) is 0 Å². The lowest BCUT2D eigenvalue weighted by molar-refractivity contribution is 0.896. The first-order valence-electron chi connectivity index (χ1n) is 4.66. The summed E-state index contributed by atoms with van der Waals surface area (Å²) in [4.78, 5) is 24.6. The maximum Gasteiger partial charge on any atom is 0.332 e. The lowest BCUT2D eigenvalue weighted by Crippen LogP contribution is -2.27. The number of H-pyrrole nitrogens is 1. The lowest BCUT2D eigenvalue weighted by atomic mass is 10.2. The van der Waals surface area contributed by atoms with Crippen molar-refractivity contribution in [1.29, 1.82) is 0 Å². The first-order valence-corrected chi connectivity index (χ1v) is 5.04. The number of aromatic amines is 1. The van der Waals surface area contributed by atoms with Gasteiger partial charge < -0.3 is 0 Å². The zero-order chi connectivity index (χ0) is 11.7. The number of nitrogens with zero attached hydrogens (tertiary/aromatic N) is 1. The molecule has 0 bridgehead atoms. The van der Waals surface area contributed by atoms with E-state index >= 15 is 0 Å². The Morgan fingerprint density at radius 1 is 1.25 bits per heavy atom. The van der Waals surface area contributed by atoms with Crippen molar-refractivity contribution in [3.05, 3.63) is 61.9 Å². The molecule has 0 aliphatic carbocycles. The van der Waals surface area contributed by atoms with Crippen LogP contribution in [0, 0.1) is 6.92 Å². The molecule has 2 rings (SSSR count). The summed E-state index contributed by atoms with van der Waals surface area (Å²) in [5, 5.41) is 0.467. The summed E-state index contributed by atoms with van der Waals surface area (Å²) in [5.41, 5.74) is 0.627. The number of rotatable bonds is 1. The van der Waals surface area contributed by atoms with Crippen LogP contribution in [0.25, 0.3) is 5.69 Å². The summed E-state index contributed by atoms with van der Waals surface area (Å²) in [7, 11) is 0. The van der Waals surface area contributed by atoms with Gasteiger partial charge in [0.25, 0.3) is 5.56 Å². The molecule has 0 spiro atoms. The van der Waals surface area contributed by atoms with E-state index in [1.165, 1.54) is 16.8 Å². The van der Waals surface area contributed by atoms with Crippen molar-refractivity contribution in [1.82, 2.24) is 9.55 Å². The SMILES string of the molecule is Cc1ccc(-n2ccc(=O)[nH]c2=O)c(Cl)c1. The van der Waals surface area contributed by atoms with Gasteiger partial charge >= 0.3 is 5.69 Å². The van der Waals surface area contributed by atoms with Gasteiger partial charge in [0.05, 0.1) is 10.7 Å². The van der Waals surface area contributed by atoms with Gasteiger partial charge in [-0.3, -0.25) is 14.3 Å². The highest BCUT2D eigenvalue weighted by atomic mass is 35.5. The number of hydrogen-bond donors (Lipinski definition) is 1. The van der Waals surface area contributed by atoms with Crippen LogP contribution in [0.15, 0.2) is 40.1 Å². The van der Waals surface area contributed by atoms with E-state index in [0.29, 0.717) is 10.7 Å². The molecule has 0 aliphatic rings. The van der Waals surface area contributed by atoms with Crippen molar-refractivity contribution in [3.8, 4) is 5.69 Å². The summed E-state index contributed by atoms with van der Waals surface area (Å²) < 4.78 is 1.29. The molecule has 4 nitrogen and oxygen atoms in total. The quantitative estimate of drug-likeness (QED) is 0.816. The predicted molar refractivity (Wildman–Crippen MR) is 62.4 cm³/mol. The summed E-state index contributed by atoms with van der Waals surface area (Å²) in [6, 6.07) is 6.61. The Balaban J connectivity index is 2.68. The molecule has 0 saturated heterocycles. The van der Waals surface area contributed by atoms with Crippen molar-refractivity contribution in [3.63, 3.8) is 0 Å². The van der Waals surface area contributed by atoms with Crippen LogP contribution in [0.4, 0.5) is 0 Å². The molecule has 0 fully saturated rings. The van der Waals surface area contributed by atoms with Gasteiger partial charge in [0, 0.05) is 12.3 Å². The van der Waals surface area contributed by atoms with Crippen LogP contribution in [0.1, 0.15) is 5.56 Å². The minimum absolute atomic E-state index is 0.426. The van der Waals surface area contributed by atoms with Crippen LogP contribution in [-0.4, -0.2) is 9.55 Å². The topological polar surface area (TPSA) is 54.9 Å². The number of hydrogen-bond acceptors (Lipinski definition) is 2. The van der Waals surface area contributed by atoms with Crippen molar-refractivity contribution in [2.45, 2.75) is 6.92 Å².